The largest absolute Gasteiger partial charge is 0.444 e. The van der Waals surface area contributed by atoms with Crippen molar-refractivity contribution in [1.29, 1.82) is 0 Å². The van der Waals surface area contributed by atoms with Gasteiger partial charge in [0.2, 0.25) is 0 Å². The average molecular weight is 211 g/mol. The number of hydrogen-bond acceptors (Lipinski definition) is 2. The summed E-state index contributed by atoms with van der Waals surface area (Å²) in [6.45, 7) is 9.29. The number of carbonyl (C=O) groups excluding carboxylic acids is 1. The van der Waals surface area contributed by atoms with E-state index in [0.717, 1.165) is 19.5 Å². The normalized spacial score (nSPS) is 22.4. The summed E-state index contributed by atoms with van der Waals surface area (Å²) >= 11 is 0. The van der Waals surface area contributed by atoms with Crippen LogP contribution in [0.3, 0.4) is 0 Å². The summed E-state index contributed by atoms with van der Waals surface area (Å²) in [5.74, 6) is 0.502. The van der Waals surface area contributed by atoms with Crippen molar-refractivity contribution in [2.45, 2.75) is 39.7 Å². The van der Waals surface area contributed by atoms with Crippen molar-refractivity contribution in [3.05, 3.63) is 12.2 Å². The van der Waals surface area contributed by atoms with Gasteiger partial charge in [-0.3, -0.25) is 0 Å². The maximum atomic E-state index is 11.7. The first-order chi connectivity index (χ1) is 6.92. The van der Waals surface area contributed by atoms with E-state index >= 15 is 0 Å². The van der Waals surface area contributed by atoms with Gasteiger partial charge in [-0.05, 0) is 40.0 Å². The number of rotatable bonds is 1. The first-order valence-electron chi connectivity index (χ1n) is 5.53. The molecule has 15 heavy (non-hydrogen) atoms. The van der Waals surface area contributed by atoms with Crippen LogP contribution in [0.25, 0.3) is 0 Å². The smallest absolute Gasteiger partial charge is 0.410 e. The monoisotopic (exact) mass is 211 g/mol. The molecule has 1 amide bonds. The van der Waals surface area contributed by atoms with Crippen LogP contribution in [0.15, 0.2) is 12.2 Å². The predicted octanol–water partition coefficient (Wildman–Crippen LogP) is 2.82. The Kier molecular flexibility index (Phi) is 3.77. The maximum Gasteiger partial charge on any atom is 0.410 e. The Hall–Kier alpha value is -0.990. The Morgan fingerprint density at radius 1 is 1.47 bits per heavy atom. The Morgan fingerprint density at radius 2 is 2.13 bits per heavy atom. The molecule has 1 unspecified atom stereocenters. The van der Waals surface area contributed by atoms with Crippen molar-refractivity contribution in [3.8, 4) is 0 Å². The molecule has 0 N–H and O–H groups in total. The molecule has 1 atom stereocenters. The van der Waals surface area contributed by atoms with Crippen molar-refractivity contribution in [3.63, 3.8) is 0 Å². The molecule has 0 aromatic heterocycles. The van der Waals surface area contributed by atoms with E-state index in [-0.39, 0.29) is 6.09 Å². The Labute approximate surface area is 92.1 Å². The molecule has 0 bridgehead atoms. The van der Waals surface area contributed by atoms with Gasteiger partial charge < -0.3 is 9.64 Å². The van der Waals surface area contributed by atoms with Crippen molar-refractivity contribution in [2.75, 3.05) is 13.1 Å². The molecule has 1 saturated heterocycles. The molecule has 1 aliphatic heterocycles. The molecule has 0 saturated carbocycles. The highest BCUT2D eigenvalue weighted by Crippen LogP contribution is 2.20. The van der Waals surface area contributed by atoms with Gasteiger partial charge in [-0.15, -0.1) is 0 Å². The van der Waals surface area contributed by atoms with Crippen molar-refractivity contribution in [1.82, 2.24) is 4.90 Å². The van der Waals surface area contributed by atoms with Gasteiger partial charge in [0.05, 0.1) is 0 Å². The zero-order valence-electron chi connectivity index (χ0n) is 10.1. The lowest BCUT2D eigenvalue weighted by Crippen LogP contribution is -2.35. The minimum Gasteiger partial charge on any atom is -0.444 e. The molecule has 0 spiro atoms. The van der Waals surface area contributed by atoms with Gasteiger partial charge >= 0.3 is 6.09 Å². The average Bonchev–Trinajstić information content (AvgIpc) is 2.50. The molecular weight excluding hydrogens is 190 g/mol. The number of hydrogen-bond donors (Lipinski definition) is 0. The quantitative estimate of drug-likeness (QED) is 0.624. The summed E-state index contributed by atoms with van der Waals surface area (Å²) in [6, 6.07) is 0. The Bertz CT molecular complexity index is 253. The molecule has 1 heterocycles. The minimum atomic E-state index is -0.393. The molecule has 3 heteroatoms. The van der Waals surface area contributed by atoms with Gasteiger partial charge in [0.25, 0.3) is 0 Å². The molecular formula is C12H21NO2. The second-order valence-electron chi connectivity index (χ2n) is 5.00. The molecule has 0 aromatic rings. The van der Waals surface area contributed by atoms with Crippen molar-refractivity contribution >= 4 is 6.09 Å². The topological polar surface area (TPSA) is 29.5 Å². The van der Waals surface area contributed by atoms with Gasteiger partial charge in [-0.25, -0.2) is 4.79 Å². The van der Waals surface area contributed by atoms with E-state index in [1.54, 1.807) is 4.90 Å². The predicted molar refractivity (Wildman–Crippen MR) is 60.7 cm³/mol. The summed E-state index contributed by atoms with van der Waals surface area (Å²) in [5.41, 5.74) is -0.393. The number of carbonyl (C=O) groups is 1. The van der Waals surface area contributed by atoms with Crippen LogP contribution in [0, 0.1) is 5.92 Å². The van der Waals surface area contributed by atoms with Crippen LogP contribution in [-0.2, 0) is 4.74 Å². The lowest BCUT2D eigenvalue weighted by molar-refractivity contribution is 0.0291. The highest BCUT2D eigenvalue weighted by Gasteiger charge is 2.28. The number of allylic oxidation sites excluding steroid dienone is 1. The van der Waals surface area contributed by atoms with Crippen molar-refractivity contribution < 1.29 is 9.53 Å². The lowest BCUT2D eigenvalue weighted by atomic mass is 10.1. The van der Waals surface area contributed by atoms with Gasteiger partial charge in [0.1, 0.15) is 5.60 Å². The SMILES string of the molecule is CC=CC1CCN(C(=O)OC(C)(C)C)C1. The molecule has 1 rings (SSSR count). The molecule has 1 aliphatic rings. The first kappa shape index (κ1) is 12.1. The third kappa shape index (κ3) is 3.94. The van der Waals surface area contributed by atoms with Crippen LogP contribution in [0.4, 0.5) is 4.79 Å². The third-order valence-electron chi connectivity index (χ3n) is 2.34. The first-order valence-corrected chi connectivity index (χ1v) is 5.53. The summed E-state index contributed by atoms with van der Waals surface area (Å²) in [6.07, 6.45) is 5.06. The van der Waals surface area contributed by atoms with E-state index in [1.165, 1.54) is 0 Å². The molecule has 0 aromatic carbocycles. The van der Waals surface area contributed by atoms with Crippen LogP contribution >= 0.6 is 0 Å². The lowest BCUT2D eigenvalue weighted by Gasteiger charge is -2.24. The zero-order chi connectivity index (χ0) is 11.5. The highest BCUT2D eigenvalue weighted by atomic mass is 16.6. The summed E-state index contributed by atoms with van der Waals surface area (Å²) < 4.78 is 5.31. The number of likely N-dealkylation sites (tertiary alicyclic amines) is 1. The van der Waals surface area contributed by atoms with Crippen LogP contribution in [0.5, 0.6) is 0 Å². The fourth-order valence-electron chi connectivity index (χ4n) is 1.71. The Morgan fingerprint density at radius 3 is 2.67 bits per heavy atom. The number of amides is 1. The molecule has 1 fully saturated rings. The minimum absolute atomic E-state index is 0.186. The van der Waals surface area contributed by atoms with E-state index in [9.17, 15) is 4.79 Å². The number of ether oxygens (including phenoxy) is 1. The van der Waals surface area contributed by atoms with E-state index in [1.807, 2.05) is 33.8 Å². The second-order valence-corrected chi connectivity index (χ2v) is 5.00. The van der Waals surface area contributed by atoms with Gasteiger partial charge in [-0.1, -0.05) is 12.2 Å². The number of nitrogens with zero attached hydrogens (tertiary/aromatic N) is 1. The summed E-state index contributed by atoms with van der Waals surface area (Å²) in [4.78, 5) is 13.5. The van der Waals surface area contributed by atoms with Crippen LogP contribution in [0.2, 0.25) is 0 Å². The Balaban J connectivity index is 2.43. The van der Waals surface area contributed by atoms with Gasteiger partial charge in [0.15, 0.2) is 0 Å². The van der Waals surface area contributed by atoms with Gasteiger partial charge in [-0.2, -0.15) is 0 Å². The summed E-state index contributed by atoms with van der Waals surface area (Å²) in [5, 5.41) is 0. The van der Waals surface area contributed by atoms with Crippen LogP contribution in [0.1, 0.15) is 34.1 Å². The van der Waals surface area contributed by atoms with Crippen LogP contribution in [-0.4, -0.2) is 29.7 Å². The van der Waals surface area contributed by atoms with E-state index in [4.69, 9.17) is 4.74 Å². The van der Waals surface area contributed by atoms with E-state index < -0.39 is 5.60 Å². The van der Waals surface area contributed by atoms with Crippen molar-refractivity contribution in [2.24, 2.45) is 5.92 Å². The van der Waals surface area contributed by atoms with Gasteiger partial charge in [0, 0.05) is 13.1 Å². The fourth-order valence-corrected chi connectivity index (χ4v) is 1.71. The molecule has 3 nitrogen and oxygen atoms in total. The third-order valence-corrected chi connectivity index (χ3v) is 2.34. The zero-order valence-corrected chi connectivity index (χ0v) is 10.1. The fraction of sp³-hybridized carbons (Fsp3) is 0.750. The molecule has 0 aliphatic carbocycles. The highest BCUT2D eigenvalue weighted by molar-refractivity contribution is 5.68. The second kappa shape index (κ2) is 4.69. The molecule has 86 valence electrons. The van der Waals surface area contributed by atoms with E-state index in [0.29, 0.717) is 5.92 Å². The van der Waals surface area contributed by atoms with Crippen LogP contribution < -0.4 is 0 Å². The summed E-state index contributed by atoms with van der Waals surface area (Å²) in [7, 11) is 0. The molecule has 0 radical (unpaired) electrons. The van der Waals surface area contributed by atoms with E-state index in [2.05, 4.69) is 6.08 Å². The standard InChI is InChI=1S/C12H21NO2/c1-5-6-10-7-8-13(9-10)11(14)15-12(2,3)4/h5-6,10H,7-9H2,1-4H3. The maximum absolute atomic E-state index is 11.7.